The number of piperidine rings is 3. The van der Waals surface area contributed by atoms with Gasteiger partial charge < -0.3 is 5.32 Å². The molecule has 3 aliphatic rings. The van der Waals surface area contributed by atoms with Crippen LogP contribution < -0.4 is 5.32 Å². The minimum Gasteiger partial charge on any atom is -0.350 e. The van der Waals surface area contributed by atoms with Gasteiger partial charge in [0.15, 0.2) is 0 Å². The lowest BCUT2D eigenvalue weighted by Gasteiger charge is -2.49. The molecule has 7 heteroatoms. The van der Waals surface area contributed by atoms with Gasteiger partial charge in [0.2, 0.25) is 5.95 Å². The highest BCUT2D eigenvalue weighted by molar-refractivity contribution is 5.64. The number of nitrogens with zero attached hydrogens (tertiary/aromatic N) is 4. The molecule has 2 aromatic rings. The number of hydrogen-bond acceptors (Lipinski definition) is 6. The van der Waals surface area contributed by atoms with Crippen LogP contribution in [0.4, 0.5) is 11.6 Å². The third-order valence-electron chi connectivity index (χ3n) is 5.52. The maximum Gasteiger partial charge on any atom is 0.270 e. The van der Waals surface area contributed by atoms with Crippen LogP contribution in [-0.2, 0) is 0 Å². The number of aromatic nitrogens is 2. The van der Waals surface area contributed by atoms with E-state index in [9.17, 15) is 10.1 Å². The Morgan fingerprint density at radius 1 is 1.20 bits per heavy atom. The van der Waals surface area contributed by atoms with Gasteiger partial charge in [-0.25, -0.2) is 9.97 Å². The third-order valence-corrected chi connectivity index (χ3v) is 5.52. The number of nitro groups is 1. The summed E-state index contributed by atoms with van der Waals surface area (Å²) in [7, 11) is 0. The standard InChI is InChI=1S/C18H21N5O2/c1-12-17(13-5-7-22(12)8-6-13)21-18-19-10-15(11-20-18)14-3-2-4-16(9-14)23(24)25/h2-4,9-13,17H,5-8H2,1H3,(H,19,20,21). The maximum atomic E-state index is 10.9. The first-order valence-electron chi connectivity index (χ1n) is 8.69. The molecule has 2 atom stereocenters. The molecule has 3 aliphatic heterocycles. The lowest BCUT2D eigenvalue weighted by atomic mass is 9.79. The summed E-state index contributed by atoms with van der Waals surface area (Å²) >= 11 is 0. The lowest BCUT2D eigenvalue weighted by molar-refractivity contribution is -0.384. The Kier molecular flexibility index (Phi) is 4.09. The van der Waals surface area contributed by atoms with Crippen LogP contribution in [0, 0.1) is 16.0 Å². The largest absolute Gasteiger partial charge is 0.350 e. The van der Waals surface area contributed by atoms with Gasteiger partial charge in [-0.05, 0) is 44.3 Å². The molecule has 7 nitrogen and oxygen atoms in total. The van der Waals surface area contributed by atoms with E-state index in [1.165, 1.54) is 32.0 Å². The lowest BCUT2D eigenvalue weighted by Crippen LogP contribution is -2.59. The van der Waals surface area contributed by atoms with E-state index in [-0.39, 0.29) is 5.69 Å². The minimum absolute atomic E-state index is 0.0702. The first kappa shape index (κ1) is 16.0. The Morgan fingerprint density at radius 3 is 2.56 bits per heavy atom. The number of rotatable bonds is 4. The Labute approximate surface area is 146 Å². The van der Waals surface area contributed by atoms with Crippen LogP contribution in [0.2, 0.25) is 0 Å². The van der Waals surface area contributed by atoms with E-state index in [1.54, 1.807) is 24.5 Å². The number of fused-ring (bicyclic) bond motifs is 3. The molecular weight excluding hydrogens is 318 g/mol. The fourth-order valence-corrected chi connectivity index (χ4v) is 4.05. The smallest absolute Gasteiger partial charge is 0.270 e. The summed E-state index contributed by atoms with van der Waals surface area (Å²) in [4.78, 5) is 21.9. The van der Waals surface area contributed by atoms with Crippen molar-refractivity contribution in [3.05, 3.63) is 46.8 Å². The highest BCUT2D eigenvalue weighted by atomic mass is 16.6. The first-order valence-corrected chi connectivity index (χ1v) is 8.69. The van der Waals surface area contributed by atoms with Crippen molar-refractivity contribution >= 4 is 11.6 Å². The van der Waals surface area contributed by atoms with Crippen LogP contribution in [0.3, 0.4) is 0 Å². The van der Waals surface area contributed by atoms with E-state index in [0.29, 0.717) is 23.9 Å². The molecule has 0 radical (unpaired) electrons. The molecular formula is C18H21N5O2. The first-order chi connectivity index (χ1) is 12.1. The number of hydrogen-bond donors (Lipinski definition) is 1. The van der Waals surface area contributed by atoms with Gasteiger partial charge in [0, 0.05) is 42.2 Å². The van der Waals surface area contributed by atoms with Crippen molar-refractivity contribution in [3.8, 4) is 11.1 Å². The molecule has 2 unspecified atom stereocenters. The zero-order valence-electron chi connectivity index (χ0n) is 14.1. The molecule has 2 bridgehead atoms. The molecule has 0 saturated carbocycles. The van der Waals surface area contributed by atoms with Crippen molar-refractivity contribution in [1.29, 1.82) is 0 Å². The van der Waals surface area contributed by atoms with Gasteiger partial charge >= 0.3 is 0 Å². The quantitative estimate of drug-likeness (QED) is 0.681. The molecule has 0 aliphatic carbocycles. The summed E-state index contributed by atoms with van der Waals surface area (Å²) in [5.74, 6) is 1.31. The summed E-state index contributed by atoms with van der Waals surface area (Å²) in [5.41, 5.74) is 1.59. The molecule has 1 aromatic carbocycles. The molecule has 25 heavy (non-hydrogen) atoms. The topological polar surface area (TPSA) is 84.2 Å². The summed E-state index contributed by atoms with van der Waals surface area (Å²) in [5, 5.41) is 14.4. The van der Waals surface area contributed by atoms with E-state index in [0.717, 1.165) is 11.1 Å². The normalized spacial score (nSPS) is 27.9. The van der Waals surface area contributed by atoms with E-state index >= 15 is 0 Å². The second-order valence-corrected chi connectivity index (χ2v) is 6.89. The Morgan fingerprint density at radius 2 is 1.92 bits per heavy atom. The second-order valence-electron chi connectivity index (χ2n) is 6.89. The van der Waals surface area contributed by atoms with Crippen LogP contribution in [0.25, 0.3) is 11.1 Å². The zero-order valence-corrected chi connectivity index (χ0v) is 14.1. The third kappa shape index (κ3) is 3.07. The highest BCUT2D eigenvalue weighted by Gasteiger charge is 2.39. The fourth-order valence-electron chi connectivity index (χ4n) is 4.05. The average molecular weight is 339 g/mol. The molecule has 5 rings (SSSR count). The molecule has 4 heterocycles. The van der Waals surface area contributed by atoms with Crippen LogP contribution in [0.5, 0.6) is 0 Å². The number of nitrogens with one attached hydrogen (secondary N) is 1. The monoisotopic (exact) mass is 339 g/mol. The van der Waals surface area contributed by atoms with Crippen LogP contribution in [-0.4, -0.2) is 45.0 Å². The van der Waals surface area contributed by atoms with Crippen LogP contribution in [0.15, 0.2) is 36.7 Å². The van der Waals surface area contributed by atoms with Crippen molar-refractivity contribution in [2.45, 2.75) is 31.8 Å². The number of anilines is 1. The number of nitro benzene ring substituents is 1. The molecule has 1 N–H and O–H groups in total. The Bertz CT molecular complexity index is 769. The van der Waals surface area contributed by atoms with Crippen LogP contribution in [0.1, 0.15) is 19.8 Å². The molecule has 1 aromatic heterocycles. The zero-order chi connectivity index (χ0) is 17.4. The molecule has 3 fully saturated rings. The van der Waals surface area contributed by atoms with E-state index in [2.05, 4.69) is 27.1 Å². The fraction of sp³-hybridized carbons (Fsp3) is 0.444. The second kappa shape index (κ2) is 6.40. The van der Waals surface area contributed by atoms with Crippen LogP contribution >= 0.6 is 0 Å². The van der Waals surface area contributed by atoms with Gasteiger partial charge in [0.25, 0.3) is 5.69 Å². The van der Waals surface area contributed by atoms with E-state index in [1.807, 2.05) is 6.07 Å². The Hall–Kier alpha value is -2.54. The molecule has 130 valence electrons. The molecule has 0 amide bonds. The van der Waals surface area contributed by atoms with Crippen molar-refractivity contribution < 1.29 is 4.92 Å². The van der Waals surface area contributed by atoms with Crippen molar-refractivity contribution in [2.24, 2.45) is 5.92 Å². The van der Waals surface area contributed by atoms with Gasteiger partial charge in [-0.2, -0.15) is 0 Å². The minimum atomic E-state index is -0.394. The maximum absolute atomic E-state index is 10.9. The van der Waals surface area contributed by atoms with Gasteiger partial charge in [-0.15, -0.1) is 0 Å². The summed E-state index contributed by atoms with van der Waals surface area (Å²) in [6.07, 6.45) is 5.91. The van der Waals surface area contributed by atoms with Gasteiger partial charge in [0.05, 0.1) is 4.92 Å². The SMILES string of the molecule is CC1C(Nc2ncc(-c3cccc([N+](=O)[O-])c3)cn2)C2CCN1CC2. The number of benzene rings is 1. The van der Waals surface area contributed by atoms with E-state index < -0.39 is 4.92 Å². The predicted octanol–water partition coefficient (Wildman–Crippen LogP) is 2.95. The van der Waals surface area contributed by atoms with Gasteiger partial charge in [-0.1, -0.05) is 12.1 Å². The van der Waals surface area contributed by atoms with Crippen molar-refractivity contribution in [2.75, 3.05) is 18.4 Å². The van der Waals surface area contributed by atoms with Crippen molar-refractivity contribution in [3.63, 3.8) is 0 Å². The number of non-ortho nitro benzene ring substituents is 1. The average Bonchev–Trinajstić information content (AvgIpc) is 2.66. The van der Waals surface area contributed by atoms with Gasteiger partial charge in [-0.3, -0.25) is 15.0 Å². The molecule has 0 spiro atoms. The summed E-state index contributed by atoms with van der Waals surface area (Å²) < 4.78 is 0. The summed E-state index contributed by atoms with van der Waals surface area (Å²) in [6, 6.07) is 7.40. The van der Waals surface area contributed by atoms with Gasteiger partial charge in [0.1, 0.15) is 0 Å². The Balaban J connectivity index is 1.51. The van der Waals surface area contributed by atoms with Crippen molar-refractivity contribution in [1.82, 2.24) is 14.9 Å². The molecule has 3 saturated heterocycles. The predicted molar refractivity (Wildman–Crippen MR) is 95.3 cm³/mol. The van der Waals surface area contributed by atoms with E-state index in [4.69, 9.17) is 0 Å². The summed E-state index contributed by atoms with van der Waals surface area (Å²) in [6.45, 7) is 4.65. The highest BCUT2D eigenvalue weighted by Crippen LogP contribution is 2.33.